The molecule has 0 aliphatic carbocycles. The van der Waals surface area contributed by atoms with Crippen molar-refractivity contribution in [3.8, 4) is 11.5 Å². The number of halogens is 3. The van der Waals surface area contributed by atoms with E-state index in [9.17, 15) is 22.5 Å². The van der Waals surface area contributed by atoms with Crippen molar-refractivity contribution in [3.05, 3.63) is 65.7 Å². The molecule has 1 heterocycles. The minimum Gasteiger partial charge on any atom is -0.487 e. The van der Waals surface area contributed by atoms with Crippen molar-refractivity contribution in [1.29, 1.82) is 0 Å². The Kier molecular flexibility index (Phi) is 19.4. The fraction of sp³-hybridized carbons (Fsp3) is 0.600. The van der Waals surface area contributed by atoms with Gasteiger partial charge in [-0.3, -0.25) is 14.3 Å². The summed E-state index contributed by atoms with van der Waals surface area (Å²) in [6.07, 6.45) is 10.8. The second-order valence-corrected chi connectivity index (χ2v) is 13.2. The lowest BCUT2D eigenvalue weighted by atomic mass is 10.0. The van der Waals surface area contributed by atoms with Crippen LogP contribution in [0, 0.1) is 0 Å². The Morgan fingerprint density at radius 2 is 1.53 bits per heavy atom. The number of ether oxygens (including phenoxy) is 2. The highest BCUT2D eigenvalue weighted by Gasteiger charge is 2.28. The smallest absolute Gasteiger partial charge is 0.422 e. The van der Waals surface area contributed by atoms with Crippen LogP contribution in [0.2, 0.25) is 0 Å². The molecule has 2 rings (SSSR count). The average Bonchev–Trinajstić information content (AvgIpc) is 3.04. The predicted molar refractivity (Wildman–Crippen MR) is 179 cm³/mol. The summed E-state index contributed by atoms with van der Waals surface area (Å²) >= 11 is 0. The first-order valence-electron chi connectivity index (χ1n) is 16.8. The first-order chi connectivity index (χ1) is 22.6. The number of carbonyl (C=O) groups excluding carboxylic acids is 1. The largest absolute Gasteiger partial charge is 0.487 e. The molecule has 2 aromatic rings. The van der Waals surface area contributed by atoms with E-state index in [-0.39, 0.29) is 37.5 Å². The number of amides is 1. The summed E-state index contributed by atoms with van der Waals surface area (Å²) in [6.45, 7) is 4.86. The van der Waals surface area contributed by atoms with E-state index < -0.39 is 20.4 Å². The number of nitrogens with zero attached hydrogens (tertiary/aromatic N) is 1. The van der Waals surface area contributed by atoms with E-state index in [1.54, 1.807) is 32.1 Å². The van der Waals surface area contributed by atoms with Gasteiger partial charge in [0.15, 0.2) is 6.61 Å². The third kappa shape index (κ3) is 18.9. The quantitative estimate of drug-likeness (QED) is 0.0822. The third-order valence-electron chi connectivity index (χ3n) is 7.22. The monoisotopic (exact) mass is 684 g/mol. The number of hydrogen-bond acceptors (Lipinski definition) is 7. The highest BCUT2D eigenvalue weighted by Crippen LogP contribution is 2.49. The SMILES string of the molecule is CCCCCCCCCCCC(=O)N[C@@H](/C=C/P(=O)(OCC)OCC)CCc1ccc(OCc2cc(OCC(F)(F)F)ccn2)cc1. The summed E-state index contributed by atoms with van der Waals surface area (Å²) in [5, 5.41) is 3.08. The third-order valence-corrected chi connectivity index (χ3v) is 8.99. The maximum atomic E-state index is 13.0. The van der Waals surface area contributed by atoms with Crippen molar-refractivity contribution in [2.45, 2.75) is 117 Å². The van der Waals surface area contributed by atoms with Crippen molar-refractivity contribution in [2.75, 3.05) is 19.8 Å². The molecule has 1 atom stereocenters. The van der Waals surface area contributed by atoms with Gasteiger partial charge in [0, 0.05) is 30.5 Å². The average molecular weight is 685 g/mol. The molecule has 264 valence electrons. The number of carbonyl (C=O) groups is 1. The molecule has 1 amide bonds. The Labute approximate surface area is 278 Å². The number of hydrogen-bond donors (Lipinski definition) is 1. The van der Waals surface area contributed by atoms with Crippen molar-refractivity contribution < 1.29 is 41.1 Å². The second kappa shape index (κ2) is 22.6. The fourth-order valence-corrected chi connectivity index (χ4v) is 6.19. The lowest BCUT2D eigenvalue weighted by molar-refractivity contribution is -0.153. The van der Waals surface area contributed by atoms with E-state index >= 15 is 0 Å². The van der Waals surface area contributed by atoms with Crippen LogP contribution in [-0.2, 0) is 31.4 Å². The summed E-state index contributed by atoms with van der Waals surface area (Å²) in [4.78, 5) is 17.0. The zero-order valence-electron chi connectivity index (χ0n) is 28.1. The molecular formula is C35H52F3N2O6P. The molecule has 1 aromatic carbocycles. The molecule has 0 aliphatic heterocycles. The zero-order chi connectivity index (χ0) is 34.4. The van der Waals surface area contributed by atoms with Crippen LogP contribution in [0.3, 0.4) is 0 Å². The normalized spacial score (nSPS) is 12.7. The lowest BCUT2D eigenvalue weighted by Gasteiger charge is -2.18. The van der Waals surface area contributed by atoms with E-state index in [0.717, 1.165) is 24.8 Å². The summed E-state index contributed by atoms with van der Waals surface area (Å²) in [7, 11) is -3.42. The molecule has 0 saturated carbocycles. The number of pyridine rings is 1. The summed E-state index contributed by atoms with van der Waals surface area (Å²) in [5.41, 5.74) is 1.43. The van der Waals surface area contributed by atoms with Crippen LogP contribution in [0.25, 0.3) is 0 Å². The van der Waals surface area contributed by atoms with Gasteiger partial charge in [-0.1, -0.05) is 76.5 Å². The summed E-state index contributed by atoms with van der Waals surface area (Å²) in [6, 6.07) is 9.80. The Balaban J connectivity index is 1.91. The van der Waals surface area contributed by atoms with Crippen molar-refractivity contribution >= 4 is 13.5 Å². The summed E-state index contributed by atoms with van der Waals surface area (Å²) < 4.78 is 71.7. The summed E-state index contributed by atoms with van der Waals surface area (Å²) in [5.74, 6) is 2.03. The first kappa shape index (κ1) is 40.3. The number of aryl methyl sites for hydroxylation is 1. The molecule has 0 fully saturated rings. The topological polar surface area (TPSA) is 96.0 Å². The molecule has 1 aromatic heterocycles. The maximum Gasteiger partial charge on any atom is 0.422 e. The molecule has 0 radical (unpaired) electrons. The van der Waals surface area contributed by atoms with Crippen molar-refractivity contribution in [2.24, 2.45) is 0 Å². The molecule has 12 heteroatoms. The van der Waals surface area contributed by atoms with Gasteiger partial charge in [0.25, 0.3) is 0 Å². The van der Waals surface area contributed by atoms with E-state index in [4.69, 9.17) is 18.5 Å². The highest BCUT2D eigenvalue weighted by atomic mass is 31.2. The molecule has 8 nitrogen and oxygen atoms in total. The van der Waals surface area contributed by atoms with Gasteiger partial charge in [-0.2, -0.15) is 13.2 Å². The predicted octanol–water partition coefficient (Wildman–Crippen LogP) is 9.72. The minimum atomic E-state index is -4.43. The highest BCUT2D eigenvalue weighted by molar-refractivity contribution is 7.57. The Hall–Kier alpha value is -2.88. The molecule has 1 N–H and O–H groups in total. The van der Waals surface area contributed by atoms with Crippen molar-refractivity contribution in [3.63, 3.8) is 0 Å². The van der Waals surface area contributed by atoms with Crippen LogP contribution >= 0.6 is 7.60 Å². The van der Waals surface area contributed by atoms with E-state index in [1.165, 1.54) is 62.7 Å². The van der Waals surface area contributed by atoms with Gasteiger partial charge < -0.3 is 23.8 Å². The van der Waals surface area contributed by atoms with Crippen LogP contribution in [0.1, 0.15) is 103 Å². The lowest BCUT2D eigenvalue weighted by Crippen LogP contribution is -2.33. The molecule has 0 spiro atoms. The standard InChI is InChI=1S/C35H52F3N2O6P/c1-4-7-8-9-10-11-12-13-14-15-34(41)40-30(23-25-47(42,45-5-2)46-6-3)19-16-29-17-20-32(21-18-29)43-27-31-26-33(22-24-39-31)44-28-35(36,37)38/h17-18,20-26,30H,4-16,19,27-28H2,1-3H3,(H,40,41)/b25-23+/t30-/m1/s1. The van der Waals surface area contributed by atoms with E-state index in [0.29, 0.717) is 30.7 Å². The Morgan fingerprint density at radius 1 is 0.894 bits per heavy atom. The van der Waals surface area contributed by atoms with Gasteiger partial charge in [-0.15, -0.1) is 0 Å². The number of aromatic nitrogens is 1. The van der Waals surface area contributed by atoms with Gasteiger partial charge in [0.05, 0.1) is 18.9 Å². The molecular weight excluding hydrogens is 632 g/mol. The molecule has 0 aliphatic rings. The van der Waals surface area contributed by atoms with Gasteiger partial charge >= 0.3 is 13.8 Å². The van der Waals surface area contributed by atoms with Gasteiger partial charge in [0.2, 0.25) is 5.91 Å². The van der Waals surface area contributed by atoms with E-state index in [1.807, 2.05) is 12.1 Å². The second-order valence-electron chi connectivity index (χ2n) is 11.3. The van der Waals surface area contributed by atoms with Gasteiger partial charge in [0.1, 0.15) is 18.1 Å². The van der Waals surface area contributed by atoms with Crippen LogP contribution < -0.4 is 14.8 Å². The molecule has 0 unspecified atom stereocenters. The van der Waals surface area contributed by atoms with Crippen LogP contribution in [-0.4, -0.2) is 42.9 Å². The minimum absolute atomic E-state index is 0.0459. The molecule has 47 heavy (non-hydrogen) atoms. The zero-order valence-corrected chi connectivity index (χ0v) is 29.0. The number of rotatable bonds is 25. The fourth-order valence-electron chi connectivity index (χ4n) is 4.81. The Morgan fingerprint density at radius 3 is 2.15 bits per heavy atom. The number of nitrogens with one attached hydrogen (secondary N) is 1. The van der Waals surface area contributed by atoms with Crippen LogP contribution in [0.15, 0.2) is 54.5 Å². The maximum absolute atomic E-state index is 13.0. The number of benzene rings is 1. The molecule has 0 bridgehead atoms. The van der Waals surface area contributed by atoms with Crippen LogP contribution in [0.5, 0.6) is 11.5 Å². The number of unbranched alkanes of at least 4 members (excludes halogenated alkanes) is 8. The van der Waals surface area contributed by atoms with E-state index in [2.05, 4.69) is 17.2 Å². The Bertz CT molecular complexity index is 1220. The van der Waals surface area contributed by atoms with Crippen LogP contribution in [0.4, 0.5) is 13.2 Å². The number of alkyl halides is 3. The first-order valence-corrected chi connectivity index (χ1v) is 18.4. The van der Waals surface area contributed by atoms with Gasteiger partial charge in [-0.05, 0) is 56.9 Å². The van der Waals surface area contributed by atoms with Gasteiger partial charge in [-0.25, -0.2) is 0 Å². The molecule has 0 saturated heterocycles. The van der Waals surface area contributed by atoms with Crippen molar-refractivity contribution in [1.82, 2.24) is 10.3 Å².